The van der Waals surface area contributed by atoms with Crippen LogP contribution in [0.25, 0.3) is 0 Å². The van der Waals surface area contributed by atoms with Gasteiger partial charge in [0, 0.05) is 0 Å². The van der Waals surface area contributed by atoms with Gasteiger partial charge in [0.2, 0.25) is 0 Å². The molecule has 1 heteroatoms. The first-order valence-corrected chi connectivity index (χ1v) is 6.51. The summed E-state index contributed by atoms with van der Waals surface area (Å²) in [7, 11) is 0. The molecule has 15 heavy (non-hydrogen) atoms. The number of aliphatic hydroxyl groups is 1. The maximum Gasteiger partial charge on any atom is 0.0576 e. The molecule has 3 unspecified atom stereocenters. The van der Waals surface area contributed by atoms with Crippen LogP contribution in [-0.4, -0.2) is 11.2 Å². The molecule has 3 atom stereocenters. The van der Waals surface area contributed by atoms with Gasteiger partial charge < -0.3 is 5.11 Å². The van der Waals surface area contributed by atoms with Crippen molar-refractivity contribution >= 4 is 0 Å². The average Bonchev–Trinajstić information content (AvgIpc) is 2.23. The van der Waals surface area contributed by atoms with Crippen LogP contribution in [0.5, 0.6) is 0 Å². The van der Waals surface area contributed by atoms with Gasteiger partial charge in [0.05, 0.1) is 6.10 Å². The second kappa shape index (κ2) is 4.29. The smallest absolute Gasteiger partial charge is 0.0576 e. The molecule has 2 rings (SSSR count). The molecule has 0 radical (unpaired) electrons. The Kier molecular flexibility index (Phi) is 3.20. The average molecular weight is 208 g/mol. The summed E-state index contributed by atoms with van der Waals surface area (Å²) in [5, 5.41) is 10.2. The fourth-order valence-corrected chi connectivity index (χ4v) is 3.60. The van der Waals surface area contributed by atoms with Crippen LogP contribution in [0, 0.1) is 11.3 Å². The summed E-state index contributed by atoms with van der Waals surface area (Å²) < 4.78 is 0. The summed E-state index contributed by atoms with van der Waals surface area (Å²) in [6, 6.07) is 0. The SMILES string of the molecule is C=C1CCCCC1(C)C1CCCCC1O. The minimum Gasteiger partial charge on any atom is -0.393 e. The van der Waals surface area contributed by atoms with Crippen LogP contribution in [0.4, 0.5) is 0 Å². The van der Waals surface area contributed by atoms with Crippen molar-refractivity contribution in [2.24, 2.45) is 11.3 Å². The van der Waals surface area contributed by atoms with E-state index in [0.717, 1.165) is 6.42 Å². The van der Waals surface area contributed by atoms with Crippen LogP contribution in [0.1, 0.15) is 58.3 Å². The topological polar surface area (TPSA) is 20.2 Å². The molecule has 86 valence electrons. The molecule has 0 aromatic heterocycles. The van der Waals surface area contributed by atoms with E-state index in [1.807, 2.05) is 0 Å². The molecule has 0 aromatic carbocycles. The van der Waals surface area contributed by atoms with E-state index in [2.05, 4.69) is 13.5 Å². The van der Waals surface area contributed by atoms with Crippen molar-refractivity contribution in [1.82, 2.24) is 0 Å². The lowest BCUT2D eigenvalue weighted by molar-refractivity contribution is 0.000452. The highest BCUT2D eigenvalue weighted by atomic mass is 16.3. The van der Waals surface area contributed by atoms with Crippen molar-refractivity contribution in [3.63, 3.8) is 0 Å². The third-order valence-corrected chi connectivity index (χ3v) is 4.78. The Balaban J connectivity index is 2.14. The fourth-order valence-electron chi connectivity index (χ4n) is 3.60. The quantitative estimate of drug-likeness (QED) is 0.652. The minimum atomic E-state index is -0.0707. The fraction of sp³-hybridized carbons (Fsp3) is 0.857. The molecular formula is C14H24O. The van der Waals surface area contributed by atoms with Gasteiger partial charge in [0.15, 0.2) is 0 Å². The molecule has 0 amide bonds. The monoisotopic (exact) mass is 208 g/mol. The molecule has 0 aliphatic heterocycles. The van der Waals surface area contributed by atoms with Gasteiger partial charge in [-0.25, -0.2) is 0 Å². The van der Waals surface area contributed by atoms with Gasteiger partial charge in [0.1, 0.15) is 0 Å². The van der Waals surface area contributed by atoms with Crippen LogP contribution >= 0.6 is 0 Å². The van der Waals surface area contributed by atoms with Crippen LogP contribution in [0.3, 0.4) is 0 Å². The first-order valence-electron chi connectivity index (χ1n) is 6.51. The van der Waals surface area contributed by atoms with Crippen molar-refractivity contribution in [2.45, 2.75) is 64.4 Å². The third kappa shape index (κ3) is 1.99. The summed E-state index contributed by atoms with van der Waals surface area (Å²) in [6.45, 7) is 6.61. The maximum atomic E-state index is 10.2. The lowest BCUT2D eigenvalue weighted by Crippen LogP contribution is -2.40. The summed E-state index contributed by atoms with van der Waals surface area (Å²) in [4.78, 5) is 0. The molecule has 0 heterocycles. The molecule has 0 saturated heterocycles. The van der Waals surface area contributed by atoms with Crippen molar-refractivity contribution in [2.75, 3.05) is 0 Å². The number of hydrogen-bond acceptors (Lipinski definition) is 1. The van der Waals surface area contributed by atoms with E-state index in [1.165, 1.54) is 50.5 Å². The predicted molar refractivity (Wildman–Crippen MR) is 63.7 cm³/mol. The zero-order valence-electron chi connectivity index (χ0n) is 9.97. The van der Waals surface area contributed by atoms with Crippen LogP contribution in [0.15, 0.2) is 12.2 Å². The highest BCUT2D eigenvalue weighted by molar-refractivity contribution is 5.14. The van der Waals surface area contributed by atoms with Gasteiger partial charge >= 0.3 is 0 Å². The second-order valence-corrected chi connectivity index (χ2v) is 5.69. The summed E-state index contributed by atoms with van der Waals surface area (Å²) in [5.41, 5.74) is 1.64. The van der Waals surface area contributed by atoms with E-state index in [-0.39, 0.29) is 11.5 Å². The Hall–Kier alpha value is -0.300. The molecule has 2 saturated carbocycles. The summed E-state index contributed by atoms with van der Waals surface area (Å²) in [5.74, 6) is 0.485. The minimum absolute atomic E-state index is 0.0707. The van der Waals surface area contributed by atoms with Crippen molar-refractivity contribution in [3.05, 3.63) is 12.2 Å². The Morgan fingerprint density at radius 1 is 1.20 bits per heavy atom. The van der Waals surface area contributed by atoms with Crippen LogP contribution < -0.4 is 0 Å². The number of rotatable bonds is 1. The van der Waals surface area contributed by atoms with Crippen molar-refractivity contribution in [1.29, 1.82) is 0 Å². The Morgan fingerprint density at radius 2 is 1.93 bits per heavy atom. The summed E-state index contributed by atoms with van der Waals surface area (Å²) >= 11 is 0. The van der Waals surface area contributed by atoms with Crippen LogP contribution in [0.2, 0.25) is 0 Å². The Labute approximate surface area is 93.6 Å². The molecule has 0 spiro atoms. The lowest BCUT2D eigenvalue weighted by atomic mass is 9.60. The Bertz CT molecular complexity index is 246. The van der Waals surface area contributed by atoms with Gasteiger partial charge in [0.25, 0.3) is 0 Å². The molecule has 2 aliphatic rings. The zero-order valence-corrected chi connectivity index (χ0v) is 9.97. The second-order valence-electron chi connectivity index (χ2n) is 5.69. The van der Waals surface area contributed by atoms with E-state index in [9.17, 15) is 5.11 Å². The molecule has 0 aromatic rings. The molecule has 2 aliphatic carbocycles. The largest absolute Gasteiger partial charge is 0.393 e. The maximum absolute atomic E-state index is 10.2. The van der Waals surface area contributed by atoms with Crippen LogP contribution in [-0.2, 0) is 0 Å². The van der Waals surface area contributed by atoms with Gasteiger partial charge in [-0.2, -0.15) is 0 Å². The zero-order chi connectivity index (χ0) is 10.9. The summed E-state index contributed by atoms with van der Waals surface area (Å²) in [6.07, 6.45) is 9.69. The van der Waals surface area contributed by atoms with E-state index in [0.29, 0.717) is 5.92 Å². The number of aliphatic hydroxyl groups excluding tert-OH is 1. The highest BCUT2D eigenvalue weighted by Gasteiger charge is 2.42. The van der Waals surface area contributed by atoms with E-state index < -0.39 is 0 Å². The Morgan fingerprint density at radius 3 is 2.60 bits per heavy atom. The van der Waals surface area contributed by atoms with E-state index >= 15 is 0 Å². The molecule has 1 N–H and O–H groups in total. The van der Waals surface area contributed by atoms with Gasteiger partial charge in [-0.3, -0.25) is 0 Å². The first kappa shape index (κ1) is 11.2. The van der Waals surface area contributed by atoms with Gasteiger partial charge in [-0.05, 0) is 43.4 Å². The van der Waals surface area contributed by atoms with Crippen molar-refractivity contribution < 1.29 is 5.11 Å². The van der Waals surface area contributed by atoms with Gasteiger partial charge in [-0.1, -0.05) is 38.3 Å². The predicted octanol–water partition coefficient (Wildman–Crippen LogP) is 3.67. The third-order valence-electron chi connectivity index (χ3n) is 4.78. The molecular weight excluding hydrogens is 184 g/mol. The normalized spacial score (nSPS) is 42.9. The number of hydrogen-bond donors (Lipinski definition) is 1. The highest BCUT2D eigenvalue weighted by Crippen LogP contribution is 2.50. The standard InChI is InChI=1S/C14H24O/c1-11-7-5-6-10-14(11,2)12-8-3-4-9-13(12)15/h12-13,15H,1,3-10H2,2H3. The van der Waals surface area contributed by atoms with Gasteiger partial charge in [-0.15, -0.1) is 0 Å². The molecule has 1 nitrogen and oxygen atoms in total. The lowest BCUT2D eigenvalue weighted by Gasteiger charge is -2.46. The van der Waals surface area contributed by atoms with Crippen molar-refractivity contribution in [3.8, 4) is 0 Å². The first-order chi connectivity index (χ1) is 7.14. The molecule has 2 fully saturated rings. The number of allylic oxidation sites excluding steroid dienone is 1. The van der Waals surface area contributed by atoms with E-state index in [4.69, 9.17) is 0 Å². The molecule has 0 bridgehead atoms. The van der Waals surface area contributed by atoms with E-state index in [1.54, 1.807) is 0 Å².